The van der Waals surface area contributed by atoms with Crippen LogP contribution in [0.4, 0.5) is 5.82 Å². The first kappa shape index (κ1) is 23.0. The third-order valence-corrected chi connectivity index (χ3v) is 4.22. The molecule has 1 aliphatic heterocycles. The molecule has 2 rings (SSSR count). The number of hydrogen-bond donors (Lipinski definition) is 2. The minimum Gasteiger partial charge on any atom is -0.382 e. The fourth-order valence-corrected chi connectivity index (χ4v) is 2.84. The molecule has 0 atom stereocenters. The van der Waals surface area contributed by atoms with Gasteiger partial charge in [-0.05, 0) is 51.2 Å². The van der Waals surface area contributed by atoms with E-state index in [1.54, 1.807) is 0 Å². The van der Waals surface area contributed by atoms with Crippen molar-refractivity contribution in [1.82, 2.24) is 15.6 Å². The highest BCUT2D eigenvalue weighted by Gasteiger charge is 2.12. The molecule has 6 nitrogen and oxygen atoms in total. The number of nitrogens with one attached hydrogen (secondary N) is 2. The van der Waals surface area contributed by atoms with Gasteiger partial charge in [-0.2, -0.15) is 0 Å². The molecule has 148 valence electrons. The van der Waals surface area contributed by atoms with E-state index < -0.39 is 0 Å². The van der Waals surface area contributed by atoms with E-state index in [9.17, 15) is 0 Å². The zero-order valence-corrected chi connectivity index (χ0v) is 18.5. The number of aliphatic imine (C=N–C) groups is 1. The molecule has 1 fully saturated rings. The van der Waals surface area contributed by atoms with E-state index in [-0.39, 0.29) is 24.0 Å². The molecule has 0 aromatic carbocycles. The van der Waals surface area contributed by atoms with Crippen molar-refractivity contribution in [3.63, 3.8) is 0 Å². The van der Waals surface area contributed by atoms with Crippen molar-refractivity contribution < 1.29 is 4.74 Å². The van der Waals surface area contributed by atoms with Crippen LogP contribution in [0.3, 0.4) is 0 Å². The van der Waals surface area contributed by atoms with Gasteiger partial charge >= 0.3 is 0 Å². The van der Waals surface area contributed by atoms with Crippen LogP contribution in [0.25, 0.3) is 0 Å². The number of rotatable bonds is 10. The summed E-state index contributed by atoms with van der Waals surface area (Å²) in [5.41, 5.74) is 1.14. The Morgan fingerprint density at radius 3 is 2.65 bits per heavy atom. The molecule has 0 unspecified atom stereocenters. The lowest BCUT2D eigenvalue weighted by Crippen LogP contribution is -2.37. The number of nitrogens with zero attached hydrogens (tertiary/aromatic N) is 3. The quantitative estimate of drug-likeness (QED) is 0.236. The van der Waals surface area contributed by atoms with Crippen LogP contribution in [-0.4, -0.2) is 50.3 Å². The van der Waals surface area contributed by atoms with Crippen LogP contribution in [0, 0.1) is 0 Å². The summed E-state index contributed by atoms with van der Waals surface area (Å²) in [6.45, 7) is 10.4. The summed E-state index contributed by atoms with van der Waals surface area (Å²) in [6, 6.07) is 4.25. The van der Waals surface area contributed by atoms with Gasteiger partial charge in [0.1, 0.15) is 5.82 Å². The zero-order chi connectivity index (χ0) is 17.7. The van der Waals surface area contributed by atoms with Crippen molar-refractivity contribution in [3.8, 4) is 0 Å². The molecule has 7 heteroatoms. The van der Waals surface area contributed by atoms with Crippen LogP contribution in [0.5, 0.6) is 0 Å². The molecule has 1 aromatic rings. The first-order valence-electron chi connectivity index (χ1n) is 9.63. The van der Waals surface area contributed by atoms with Crippen molar-refractivity contribution in [1.29, 1.82) is 0 Å². The van der Waals surface area contributed by atoms with Crippen LogP contribution in [0.1, 0.15) is 45.1 Å². The van der Waals surface area contributed by atoms with Gasteiger partial charge in [0.25, 0.3) is 0 Å². The first-order valence-corrected chi connectivity index (χ1v) is 9.63. The number of halogens is 1. The normalized spacial score (nSPS) is 14.2. The lowest BCUT2D eigenvalue weighted by Gasteiger charge is -2.16. The Bertz CT molecular complexity index is 503. The monoisotopic (exact) mass is 475 g/mol. The summed E-state index contributed by atoms with van der Waals surface area (Å²) in [6.07, 6.45) is 6.65. The molecule has 0 amide bonds. The minimum absolute atomic E-state index is 0. The van der Waals surface area contributed by atoms with E-state index in [2.05, 4.69) is 44.6 Å². The average molecular weight is 475 g/mol. The van der Waals surface area contributed by atoms with E-state index in [1.807, 2.05) is 13.1 Å². The number of guanidine groups is 1. The Labute approximate surface area is 175 Å². The van der Waals surface area contributed by atoms with Gasteiger partial charge in [0.05, 0.1) is 6.54 Å². The zero-order valence-electron chi connectivity index (χ0n) is 16.2. The SMILES string of the molecule is CCNC(=NCc1ccc(N2CCCC2)nc1)NCCCCOCC.I. The molecule has 1 saturated heterocycles. The Kier molecular flexibility index (Phi) is 12.4. The summed E-state index contributed by atoms with van der Waals surface area (Å²) in [5, 5.41) is 6.67. The number of unbranched alkanes of at least 4 members (excludes halogenated alkanes) is 1. The summed E-state index contributed by atoms with van der Waals surface area (Å²) in [5.74, 6) is 1.95. The second-order valence-corrected chi connectivity index (χ2v) is 6.24. The maximum Gasteiger partial charge on any atom is 0.191 e. The number of hydrogen-bond acceptors (Lipinski definition) is 4. The maximum absolute atomic E-state index is 5.36. The summed E-state index contributed by atoms with van der Waals surface area (Å²) < 4.78 is 5.36. The van der Waals surface area contributed by atoms with Crippen LogP contribution < -0.4 is 15.5 Å². The van der Waals surface area contributed by atoms with Gasteiger partial charge < -0.3 is 20.3 Å². The van der Waals surface area contributed by atoms with Gasteiger partial charge in [-0.15, -0.1) is 24.0 Å². The second kappa shape index (κ2) is 14.0. The summed E-state index contributed by atoms with van der Waals surface area (Å²) in [4.78, 5) is 11.6. The van der Waals surface area contributed by atoms with E-state index in [1.165, 1.54) is 12.8 Å². The van der Waals surface area contributed by atoms with Crippen LogP contribution >= 0.6 is 24.0 Å². The highest BCUT2D eigenvalue weighted by molar-refractivity contribution is 14.0. The third-order valence-electron chi connectivity index (χ3n) is 4.22. The predicted octanol–water partition coefficient (Wildman–Crippen LogP) is 3.17. The first-order chi connectivity index (χ1) is 12.3. The molecular weight excluding hydrogens is 441 g/mol. The van der Waals surface area contributed by atoms with Crippen molar-refractivity contribution in [3.05, 3.63) is 23.9 Å². The molecular formula is C19H34IN5O. The Hall–Kier alpha value is -1.09. The van der Waals surface area contributed by atoms with Crippen molar-refractivity contribution in [2.45, 2.75) is 46.1 Å². The molecule has 1 aromatic heterocycles. The fourth-order valence-electron chi connectivity index (χ4n) is 2.84. The largest absolute Gasteiger partial charge is 0.382 e. The molecule has 2 heterocycles. The molecule has 0 radical (unpaired) electrons. The van der Waals surface area contributed by atoms with Gasteiger partial charge in [0, 0.05) is 45.6 Å². The Morgan fingerprint density at radius 2 is 2.00 bits per heavy atom. The smallest absolute Gasteiger partial charge is 0.191 e. The fraction of sp³-hybridized carbons (Fsp3) is 0.684. The average Bonchev–Trinajstić information content (AvgIpc) is 3.17. The van der Waals surface area contributed by atoms with E-state index in [0.717, 1.165) is 69.6 Å². The molecule has 1 aliphatic rings. The predicted molar refractivity (Wildman–Crippen MR) is 120 cm³/mol. The summed E-state index contributed by atoms with van der Waals surface area (Å²) in [7, 11) is 0. The van der Waals surface area contributed by atoms with Gasteiger partial charge in [-0.1, -0.05) is 6.07 Å². The minimum atomic E-state index is 0. The van der Waals surface area contributed by atoms with Crippen LogP contribution in [0.2, 0.25) is 0 Å². The number of pyridine rings is 1. The van der Waals surface area contributed by atoms with Crippen molar-refractivity contribution in [2.75, 3.05) is 44.3 Å². The van der Waals surface area contributed by atoms with Gasteiger partial charge in [-0.25, -0.2) is 9.98 Å². The van der Waals surface area contributed by atoms with E-state index in [0.29, 0.717) is 6.54 Å². The topological polar surface area (TPSA) is 61.8 Å². The number of ether oxygens (including phenoxy) is 1. The molecule has 2 N–H and O–H groups in total. The highest BCUT2D eigenvalue weighted by Crippen LogP contribution is 2.17. The van der Waals surface area contributed by atoms with Gasteiger partial charge in [0.15, 0.2) is 5.96 Å². The molecule has 0 saturated carbocycles. The van der Waals surface area contributed by atoms with Gasteiger partial charge in [-0.3, -0.25) is 0 Å². The third kappa shape index (κ3) is 8.53. The molecule has 0 spiro atoms. The lowest BCUT2D eigenvalue weighted by atomic mass is 10.3. The molecule has 26 heavy (non-hydrogen) atoms. The van der Waals surface area contributed by atoms with Crippen LogP contribution in [0.15, 0.2) is 23.3 Å². The molecule has 0 bridgehead atoms. The Balaban J connectivity index is 0.00000338. The number of aromatic nitrogens is 1. The Morgan fingerprint density at radius 1 is 1.19 bits per heavy atom. The maximum atomic E-state index is 5.36. The van der Waals surface area contributed by atoms with Crippen molar-refractivity contribution in [2.24, 2.45) is 4.99 Å². The lowest BCUT2D eigenvalue weighted by molar-refractivity contribution is 0.143. The van der Waals surface area contributed by atoms with E-state index in [4.69, 9.17) is 4.74 Å². The van der Waals surface area contributed by atoms with E-state index >= 15 is 0 Å². The highest BCUT2D eigenvalue weighted by atomic mass is 127. The second-order valence-electron chi connectivity index (χ2n) is 6.24. The van der Waals surface area contributed by atoms with Crippen LogP contribution in [-0.2, 0) is 11.3 Å². The summed E-state index contributed by atoms with van der Waals surface area (Å²) >= 11 is 0. The van der Waals surface area contributed by atoms with Crippen molar-refractivity contribution >= 4 is 35.8 Å². The van der Waals surface area contributed by atoms with Gasteiger partial charge in [0.2, 0.25) is 0 Å². The standard InChI is InChI=1S/C19H33N5O.HI/c1-3-20-19(21-11-5-8-14-25-4-2)23-16-17-9-10-18(22-15-17)24-12-6-7-13-24;/h9-10,15H,3-8,11-14,16H2,1-2H3,(H2,20,21,23);1H. The number of anilines is 1. The molecule has 0 aliphatic carbocycles.